The molecule has 108 valence electrons. The molecule has 0 spiro atoms. The summed E-state index contributed by atoms with van der Waals surface area (Å²) in [6.45, 7) is 1.74. The fraction of sp³-hybridized carbons (Fsp3) is 0.0714. The molecule has 5 nitrogen and oxygen atoms in total. The Kier molecular flexibility index (Phi) is 3.52. The predicted molar refractivity (Wildman–Crippen MR) is 81.8 cm³/mol. The van der Waals surface area contributed by atoms with E-state index in [-0.39, 0.29) is 4.21 Å². The average molecular weight is 320 g/mol. The lowest BCUT2D eigenvalue weighted by molar-refractivity contribution is 0.535. The van der Waals surface area contributed by atoms with Crippen LogP contribution in [-0.2, 0) is 10.0 Å². The summed E-state index contributed by atoms with van der Waals surface area (Å²) in [5.74, 6) is 1.11. The lowest BCUT2D eigenvalue weighted by atomic mass is 10.3. The Hall–Kier alpha value is -2.12. The van der Waals surface area contributed by atoms with Gasteiger partial charge in [-0.25, -0.2) is 13.4 Å². The second-order valence-electron chi connectivity index (χ2n) is 4.33. The summed E-state index contributed by atoms with van der Waals surface area (Å²) in [5.41, 5.74) is 0.531. The van der Waals surface area contributed by atoms with Crippen molar-refractivity contribution in [3.05, 3.63) is 54.6 Å². The number of rotatable bonds is 4. The van der Waals surface area contributed by atoms with Crippen LogP contribution in [0.25, 0.3) is 10.6 Å². The Bertz CT molecular complexity index is 851. The summed E-state index contributed by atoms with van der Waals surface area (Å²) in [6.07, 6.45) is 1.59. The molecule has 3 aromatic rings. The fourth-order valence-electron chi connectivity index (χ4n) is 1.78. The predicted octanol–water partition coefficient (Wildman–Crippen LogP) is 3.51. The number of aryl methyl sites for hydroxylation is 1. The first-order valence-corrected chi connectivity index (χ1v) is 8.45. The quantitative estimate of drug-likeness (QED) is 0.798. The molecule has 0 unspecified atom stereocenters. The van der Waals surface area contributed by atoms with Crippen LogP contribution < -0.4 is 4.72 Å². The highest BCUT2D eigenvalue weighted by Crippen LogP contribution is 2.31. The van der Waals surface area contributed by atoms with Crippen molar-refractivity contribution in [3.8, 4) is 10.6 Å². The maximum atomic E-state index is 12.3. The number of hydrogen-bond acceptors (Lipinski definition) is 5. The van der Waals surface area contributed by atoms with Crippen molar-refractivity contribution in [2.75, 3.05) is 4.72 Å². The molecule has 1 N–H and O–H groups in total. The Morgan fingerprint density at radius 1 is 1.14 bits per heavy atom. The van der Waals surface area contributed by atoms with E-state index in [1.165, 1.54) is 0 Å². The number of aromatic nitrogens is 1. The average Bonchev–Trinajstić information content (AvgIpc) is 3.08. The minimum atomic E-state index is -3.59. The maximum absolute atomic E-state index is 12.3. The molecular weight excluding hydrogens is 308 g/mol. The summed E-state index contributed by atoms with van der Waals surface area (Å²) >= 11 is 1.14. The van der Waals surface area contributed by atoms with Crippen LogP contribution in [0.3, 0.4) is 0 Å². The smallest absolute Gasteiger partial charge is 0.271 e. The zero-order valence-electron chi connectivity index (χ0n) is 11.1. The van der Waals surface area contributed by atoms with E-state index < -0.39 is 10.0 Å². The van der Waals surface area contributed by atoms with Crippen molar-refractivity contribution >= 4 is 27.0 Å². The molecular formula is C14H12N2O3S2. The van der Waals surface area contributed by atoms with E-state index in [4.69, 9.17) is 4.42 Å². The van der Waals surface area contributed by atoms with E-state index >= 15 is 0 Å². The molecule has 0 fully saturated rings. The SMILES string of the molecule is Cc1ncc(-c2ccc(S(=O)(=O)Nc3ccccc3)s2)o1. The molecule has 0 atom stereocenters. The normalized spacial score (nSPS) is 11.5. The number of nitrogens with one attached hydrogen (secondary N) is 1. The van der Waals surface area contributed by atoms with Crippen LogP contribution in [0.15, 0.2) is 57.3 Å². The molecule has 0 radical (unpaired) electrons. The summed E-state index contributed by atoms with van der Waals surface area (Å²) in [4.78, 5) is 4.73. The Labute approximate surface area is 126 Å². The van der Waals surface area contributed by atoms with Gasteiger partial charge in [0.05, 0.1) is 11.1 Å². The van der Waals surface area contributed by atoms with Crippen LogP contribution >= 0.6 is 11.3 Å². The second-order valence-corrected chi connectivity index (χ2v) is 7.33. The van der Waals surface area contributed by atoms with Gasteiger partial charge in [-0.05, 0) is 24.3 Å². The minimum Gasteiger partial charge on any atom is -0.440 e. The van der Waals surface area contributed by atoms with Gasteiger partial charge in [0.2, 0.25) is 0 Å². The molecule has 21 heavy (non-hydrogen) atoms. The summed E-state index contributed by atoms with van der Waals surface area (Å²) in [7, 11) is -3.59. The first-order chi connectivity index (χ1) is 10.0. The molecule has 0 amide bonds. The number of nitrogens with zero attached hydrogens (tertiary/aromatic N) is 1. The first-order valence-electron chi connectivity index (χ1n) is 6.15. The molecule has 2 heterocycles. The number of anilines is 1. The summed E-state index contributed by atoms with van der Waals surface area (Å²) < 4.78 is 32.8. The Morgan fingerprint density at radius 3 is 2.57 bits per heavy atom. The fourth-order valence-corrected chi connectivity index (χ4v) is 4.10. The highest BCUT2D eigenvalue weighted by atomic mass is 32.2. The van der Waals surface area contributed by atoms with Gasteiger partial charge in [-0.3, -0.25) is 4.72 Å². The topological polar surface area (TPSA) is 72.2 Å². The molecule has 0 bridgehead atoms. The third-order valence-corrected chi connectivity index (χ3v) is 5.71. The minimum absolute atomic E-state index is 0.232. The Morgan fingerprint density at radius 2 is 1.90 bits per heavy atom. The number of hydrogen-bond donors (Lipinski definition) is 1. The highest BCUT2D eigenvalue weighted by Gasteiger charge is 2.18. The lowest BCUT2D eigenvalue weighted by Crippen LogP contribution is -2.11. The van der Waals surface area contributed by atoms with Gasteiger partial charge in [-0.1, -0.05) is 18.2 Å². The monoisotopic (exact) mass is 320 g/mol. The van der Waals surface area contributed by atoms with Crippen LogP contribution in [0.4, 0.5) is 5.69 Å². The highest BCUT2D eigenvalue weighted by molar-refractivity contribution is 7.94. The van der Waals surface area contributed by atoms with Gasteiger partial charge in [-0.15, -0.1) is 11.3 Å². The largest absolute Gasteiger partial charge is 0.440 e. The van der Waals surface area contributed by atoms with Crippen molar-refractivity contribution in [3.63, 3.8) is 0 Å². The van der Waals surface area contributed by atoms with E-state index in [9.17, 15) is 8.42 Å². The van der Waals surface area contributed by atoms with Crippen LogP contribution in [0, 0.1) is 6.92 Å². The molecule has 0 aliphatic rings. The number of thiophene rings is 1. The van der Waals surface area contributed by atoms with Gasteiger partial charge in [0.25, 0.3) is 10.0 Å². The van der Waals surface area contributed by atoms with E-state index in [0.717, 1.165) is 16.2 Å². The van der Waals surface area contributed by atoms with Crippen LogP contribution in [0.2, 0.25) is 0 Å². The number of sulfonamides is 1. The number of benzene rings is 1. The van der Waals surface area contributed by atoms with Gasteiger partial charge in [0.15, 0.2) is 11.7 Å². The lowest BCUT2D eigenvalue weighted by Gasteiger charge is -2.05. The molecule has 7 heteroatoms. The maximum Gasteiger partial charge on any atom is 0.271 e. The standard InChI is InChI=1S/C14H12N2O3S2/c1-10-15-9-12(19-10)13-7-8-14(20-13)21(17,18)16-11-5-3-2-4-6-11/h2-9,16H,1H3. The second kappa shape index (κ2) is 5.34. The number of para-hydroxylation sites is 1. The van der Waals surface area contributed by atoms with Crippen molar-refractivity contribution < 1.29 is 12.8 Å². The Balaban J connectivity index is 1.88. The van der Waals surface area contributed by atoms with Gasteiger partial charge in [-0.2, -0.15) is 0 Å². The number of oxazole rings is 1. The van der Waals surface area contributed by atoms with Gasteiger partial charge in [0, 0.05) is 12.6 Å². The molecule has 2 aromatic heterocycles. The first kappa shape index (κ1) is 13.8. The van der Waals surface area contributed by atoms with Crippen molar-refractivity contribution in [2.24, 2.45) is 0 Å². The van der Waals surface area contributed by atoms with E-state index in [0.29, 0.717) is 17.3 Å². The van der Waals surface area contributed by atoms with Crippen molar-refractivity contribution in [1.82, 2.24) is 4.98 Å². The van der Waals surface area contributed by atoms with Crippen molar-refractivity contribution in [2.45, 2.75) is 11.1 Å². The molecule has 0 saturated heterocycles. The molecule has 0 aliphatic heterocycles. The van der Waals surface area contributed by atoms with E-state index in [2.05, 4.69) is 9.71 Å². The zero-order valence-corrected chi connectivity index (χ0v) is 12.7. The zero-order chi connectivity index (χ0) is 14.9. The molecule has 1 aromatic carbocycles. The summed E-state index contributed by atoms with van der Waals surface area (Å²) in [6, 6.07) is 12.0. The van der Waals surface area contributed by atoms with Crippen LogP contribution in [-0.4, -0.2) is 13.4 Å². The summed E-state index contributed by atoms with van der Waals surface area (Å²) in [5, 5.41) is 0. The molecule has 0 aliphatic carbocycles. The van der Waals surface area contributed by atoms with E-state index in [1.54, 1.807) is 49.5 Å². The molecule has 3 rings (SSSR count). The van der Waals surface area contributed by atoms with E-state index in [1.807, 2.05) is 6.07 Å². The van der Waals surface area contributed by atoms with Crippen LogP contribution in [0.5, 0.6) is 0 Å². The third kappa shape index (κ3) is 2.98. The third-order valence-electron chi connectivity index (χ3n) is 2.74. The van der Waals surface area contributed by atoms with Crippen molar-refractivity contribution in [1.29, 1.82) is 0 Å². The van der Waals surface area contributed by atoms with Crippen LogP contribution in [0.1, 0.15) is 5.89 Å². The van der Waals surface area contributed by atoms with Gasteiger partial charge >= 0.3 is 0 Å². The molecule has 0 saturated carbocycles. The van der Waals surface area contributed by atoms with Gasteiger partial charge < -0.3 is 4.42 Å². The van der Waals surface area contributed by atoms with Gasteiger partial charge in [0.1, 0.15) is 4.21 Å².